The average molecular weight is 127 g/mol. The van der Waals surface area contributed by atoms with Crippen molar-refractivity contribution in [3.63, 3.8) is 0 Å². The van der Waals surface area contributed by atoms with Crippen LogP contribution in [-0.4, -0.2) is 24.3 Å². The smallest absolute Gasteiger partial charge is 0.144 e. The van der Waals surface area contributed by atoms with Gasteiger partial charge in [0, 0.05) is 19.3 Å². The van der Waals surface area contributed by atoms with Gasteiger partial charge in [-0.05, 0) is 19.9 Å². The summed E-state index contributed by atoms with van der Waals surface area (Å²) >= 11 is 0. The zero-order valence-electron chi connectivity index (χ0n) is 6.00. The molecule has 2 nitrogen and oxygen atoms in total. The summed E-state index contributed by atoms with van der Waals surface area (Å²) in [6.45, 7) is 6.03. The minimum Gasteiger partial charge on any atom is -0.378 e. The second-order valence-corrected chi connectivity index (χ2v) is 1.70. The normalized spacial score (nSPS) is 10.0. The van der Waals surface area contributed by atoms with Crippen molar-refractivity contribution in [3.8, 4) is 0 Å². The first-order chi connectivity index (χ1) is 4.35. The van der Waals surface area contributed by atoms with Gasteiger partial charge in [0.25, 0.3) is 0 Å². The van der Waals surface area contributed by atoms with E-state index < -0.39 is 0 Å². The standard InChI is InChI=1S/C7H13NO/c1-3-8(4-2)6-5-7-9/h5-7H,3-4H2,1-2H3/b6-5+. The van der Waals surface area contributed by atoms with Gasteiger partial charge in [0.2, 0.25) is 0 Å². The van der Waals surface area contributed by atoms with Gasteiger partial charge in [-0.2, -0.15) is 0 Å². The first-order valence-corrected chi connectivity index (χ1v) is 3.21. The van der Waals surface area contributed by atoms with Crippen molar-refractivity contribution >= 4 is 6.29 Å². The van der Waals surface area contributed by atoms with Gasteiger partial charge in [-0.15, -0.1) is 0 Å². The molecular formula is C7H13NO. The van der Waals surface area contributed by atoms with E-state index in [9.17, 15) is 4.79 Å². The van der Waals surface area contributed by atoms with Crippen LogP contribution in [0.15, 0.2) is 12.3 Å². The number of carbonyl (C=O) groups is 1. The lowest BCUT2D eigenvalue weighted by atomic mass is 10.5. The van der Waals surface area contributed by atoms with Crippen molar-refractivity contribution in [2.75, 3.05) is 13.1 Å². The van der Waals surface area contributed by atoms with Gasteiger partial charge in [0.15, 0.2) is 0 Å². The molecule has 0 amide bonds. The van der Waals surface area contributed by atoms with Crippen LogP contribution in [0.1, 0.15) is 13.8 Å². The molecule has 0 N–H and O–H groups in total. The Morgan fingerprint density at radius 1 is 1.33 bits per heavy atom. The van der Waals surface area contributed by atoms with E-state index in [0.717, 1.165) is 19.4 Å². The summed E-state index contributed by atoms with van der Waals surface area (Å²) in [4.78, 5) is 11.9. The fourth-order valence-electron chi connectivity index (χ4n) is 0.591. The van der Waals surface area contributed by atoms with Crippen molar-refractivity contribution in [2.24, 2.45) is 0 Å². The maximum absolute atomic E-state index is 9.83. The maximum atomic E-state index is 9.83. The molecule has 0 heterocycles. The fourth-order valence-corrected chi connectivity index (χ4v) is 0.591. The molecule has 0 fully saturated rings. The van der Waals surface area contributed by atoms with Gasteiger partial charge in [-0.3, -0.25) is 4.79 Å². The molecule has 0 spiro atoms. The topological polar surface area (TPSA) is 20.3 Å². The molecule has 0 bridgehead atoms. The van der Waals surface area contributed by atoms with E-state index >= 15 is 0 Å². The van der Waals surface area contributed by atoms with Gasteiger partial charge in [-0.25, -0.2) is 0 Å². The number of rotatable bonds is 4. The van der Waals surface area contributed by atoms with Crippen molar-refractivity contribution in [2.45, 2.75) is 13.8 Å². The minimum absolute atomic E-state index is 0.790. The summed E-state index contributed by atoms with van der Waals surface area (Å²) < 4.78 is 0. The zero-order chi connectivity index (χ0) is 7.11. The molecule has 0 saturated carbocycles. The second kappa shape index (κ2) is 5.35. The predicted octanol–water partition coefficient (Wildman–Crippen LogP) is 1.04. The number of hydrogen-bond acceptors (Lipinski definition) is 2. The monoisotopic (exact) mass is 127 g/mol. The quantitative estimate of drug-likeness (QED) is 0.415. The number of carbonyl (C=O) groups excluding carboxylic acids is 1. The Bertz CT molecular complexity index is 95.1. The van der Waals surface area contributed by atoms with Crippen LogP contribution in [0.4, 0.5) is 0 Å². The number of hydrogen-bond donors (Lipinski definition) is 0. The molecule has 0 aliphatic heterocycles. The third kappa shape index (κ3) is 3.76. The number of aldehydes is 1. The van der Waals surface area contributed by atoms with Crippen LogP contribution in [0.3, 0.4) is 0 Å². The average Bonchev–Trinajstić information content (AvgIpc) is 1.91. The van der Waals surface area contributed by atoms with Crippen molar-refractivity contribution in [1.29, 1.82) is 0 Å². The van der Waals surface area contributed by atoms with Crippen molar-refractivity contribution < 1.29 is 4.79 Å². The number of nitrogens with zero attached hydrogens (tertiary/aromatic N) is 1. The molecule has 0 aliphatic carbocycles. The van der Waals surface area contributed by atoms with Crippen LogP contribution in [0.2, 0.25) is 0 Å². The molecule has 0 radical (unpaired) electrons. The lowest BCUT2D eigenvalue weighted by Gasteiger charge is -2.13. The highest BCUT2D eigenvalue weighted by Gasteiger charge is 1.86. The van der Waals surface area contributed by atoms with Crippen LogP contribution in [-0.2, 0) is 4.79 Å². The number of allylic oxidation sites excluding steroid dienone is 1. The Morgan fingerprint density at radius 3 is 2.22 bits per heavy atom. The van der Waals surface area contributed by atoms with E-state index in [0.29, 0.717) is 0 Å². The largest absolute Gasteiger partial charge is 0.378 e. The molecule has 0 aromatic rings. The second-order valence-electron chi connectivity index (χ2n) is 1.70. The highest BCUT2D eigenvalue weighted by molar-refractivity contribution is 5.64. The Morgan fingerprint density at radius 2 is 1.89 bits per heavy atom. The molecule has 0 aliphatic rings. The van der Waals surface area contributed by atoms with Crippen molar-refractivity contribution in [1.82, 2.24) is 4.90 Å². The van der Waals surface area contributed by atoms with Gasteiger partial charge in [-0.1, -0.05) is 0 Å². The predicted molar refractivity (Wildman–Crippen MR) is 38.1 cm³/mol. The summed E-state index contributed by atoms with van der Waals surface area (Å²) in [5.74, 6) is 0. The highest BCUT2D eigenvalue weighted by Crippen LogP contribution is 1.85. The van der Waals surface area contributed by atoms with E-state index in [4.69, 9.17) is 0 Å². The third-order valence-corrected chi connectivity index (χ3v) is 1.19. The Labute approximate surface area is 56.2 Å². The Balaban J connectivity index is 3.53. The lowest BCUT2D eigenvalue weighted by Crippen LogP contribution is -2.14. The summed E-state index contributed by atoms with van der Waals surface area (Å²) in [5.41, 5.74) is 0. The molecule has 0 saturated heterocycles. The molecule has 52 valence electrons. The van der Waals surface area contributed by atoms with E-state index in [1.54, 1.807) is 6.20 Å². The molecule has 0 aromatic heterocycles. The van der Waals surface area contributed by atoms with Gasteiger partial charge in [0.1, 0.15) is 6.29 Å². The van der Waals surface area contributed by atoms with Crippen molar-refractivity contribution in [3.05, 3.63) is 12.3 Å². The first-order valence-electron chi connectivity index (χ1n) is 3.21. The Kier molecular flexibility index (Phi) is 4.88. The summed E-state index contributed by atoms with van der Waals surface area (Å²) in [7, 11) is 0. The van der Waals surface area contributed by atoms with Crippen LogP contribution < -0.4 is 0 Å². The van der Waals surface area contributed by atoms with E-state index in [1.165, 1.54) is 6.08 Å². The maximum Gasteiger partial charge on any atom is 0.144 e. The first kappa shape index (κ1) is 8.21. The van der Waals surface area contributed by atoms with Gasteiger partial charge >= 0.3 is 0 Å². The third-order valence-electron chi connectivity index (χ3n) is 1.19. The minimum atomic E-state index is 0.790. The lowest BCUT2D eigenvalue weighted by molar-refractivity contribution is -0.104. The molecule has 0 unspecified atom stereocenters. The van der Waals surface area contributed by atoms with E-state index in [2.05, 4.69) is 18.7 Å². The van der Waals surface area contributed by atoms with Crippen LogP contribution >= 0.6 is 0 Å². The summed E-state index contributed by atoms with van der Waals surface area (Å²) in [6.07, 6.45) is 4.10. The molecule has 2 heteroatoms. The molecule has 9 heavy (non-hydrogen) atoms. The molecule has 0 aromatic carbocycles. The SMILES string of the molecule is CCN(/C=C/C=O)CC. The van der Waals surface area contributed by atoms with E-state index in [1.807, 2.05) is 0 Å². The van der Waals surface area contributed by atoms with E-state index in [-0.39, 0.29) is 0 Å². The molecule has 0 rings (SSSR count). The van der Waals surface area contributed by atoms with Gasteiger partial charge < -0.3 is 4.90 Å². The highest BCUT2D eigenvalue weighted by atomic mass is 16.1. The van der Waals surface area contributed by atoms with Crippen LogP contribution in [0.5, 0.6) is 0 Å². The van der Waals surface area contributed by atoms with Gasteiger partial charge in [0.05, 0.1) is 0 Å². The Hall–Kier alpha value is -0.790. The molecule has 0 atom stereocenters. The summed E-state index contributed by atoms with van der Waals surface area (Å²) in [6, 6.07) is 0. The zero-order valence-corrected chi connectivity index (χ0v) is 6.00. The van der Waals surface area contributed by atoms with Crippen LogP contribution in [0, 0.1) is 0 Å². The van der Waals surface area contributed by atoms with Crippen LogP contribution in [0.25, 0.3) is 0 Å². The molecular weight excluding hydrogens is 114 g/mol. The summed E-state index contributed by atoms with van der Waals surface area (Å²) in [5, 5.41) is 0. The fraction of sp³-hybridized carbons (Fsp3) is 0.571.